The predicted octanol–water partition coefficient (Wildman–Crippen LogP) is 1.72. The van der Waals surface area contributed by atoms with E-state index < -0.39 is 0 Å². The van der Waals surface area contributed by atoms with Crippen LogP contribution < -0.4 is 15.0 Å². The van der Waals surface area contributed by atoms with Gasteiger partial charge in [0.1, 0.15) is 11.8 Å². The van der Waals surface area contributed by atoms with Crippen LogP contribution >= 0.6 is 0 Å². The van der Waals surface area contributed by atoms with E-state index in [2.05, 4.69) is 5.32 Å². The van der Waals surface area contributed by atoms with E-state index in [1.807, 2.05) is 31.2 Å². The molecule has 2 fully saturated rings. The SMILES string of the molecule is CCOc1cccc(N2CCC(=O)NC(C3CC3)C2=O)c1. The van der Waals surface area contributed by atoms with Crippen molar-refractivity contribution in [3.8, 4) is 5.75 Å². The van der Waals surface area contributed by atoms with Gasteiger partial charge in [-0.2, -0.15) is 0 Å². The minimum absolute atomic E-state index is 0.00278. The molecule has 1 saturated heterocycles. The van der Waals surface area contributed by atoms with Gasteiger partial charge in [-0.15, -0.1) is 0 Å². The number of ether oxygens (including phenoxy) is 1. The second-order valence-electron chi connectivity index (χ2n) is 5.55. The standard InChI is InChI=1S/C16H20N2O3/c1-2-21-13-5-3-4-12(10-13)18-9-8-14(19)17-15(16(18)20)11-6-7-11/h3-5,10-11,15H,2,6-9H2,1H3,(H,17,19). The lowest BCUT2D eigenvalue weighted by Crippen LogP contribution is -2.46. The van der Waals surface area contributed by atoms with Crippen LogP contribution in [0.2, 0.25) is 0 Å². The molecule has 1 heterocycles. The Hall–Kier alpha value is -2.04. The largest absolute Gasteiger partial charge is 0.494 e. The Labute approximate surface area is 124 Å². The van der Waals surface area contributed by atoms with Crippen LogP contribution in [0.5, 0.6) is 5.75 Å². The number of rotatable bonds is 4. The summed E-state index contributed by atoms with van der Waals surface area (Å²) in [5, 5.41) is 2.87. The van der Waals surface area contributed by atoms with Gasteiger partial charge in [-0.3, -0.25) is 9.59 Å². The maximum atomic E-state index is 12.7. The summed E-state index contributed by atoms with van der Waals surface area (Å²) in [6.07, 6.45) is 2.38. The summed E-state index contributed by atoms with van der Waals surface area (Å²) in [5.74, 6) is 1.01. The van der Waals surface area contributed by atoms with Gasteiger partial charge >= 0.3 is 0 Å². The van der Waals surface area contributed by atoms with Crippen molar-refractivity contribution in [2.45, 2.75) is 32.2 Å². The van der Waals surface area contributed by atoms with Crippen molar-refractivity contribution in [1.82, 2.24) is 5.32 Å². The van der Waals surface area contributed by atoms with Gasteiger partial charge in [-0.1, -0.05) is 6.07 Å². The summed E-state index contributed by atoms with van der Waals surface area (Å²) in [6, 6.07) is 7.13. The van der Waals surface area contributed by atoms with Crippen LogP contribution in [0.3, 0.4) is 0 Å². The van der Waals surface area contributed by atoms with Crippen molar-refractivity contribution in [1.29, 1.82) is 0 Å². The van der Waals surface area contributed by atoms with Crippen molar-refractivity contribution >= 4 is 17.5 Å². The highest BCUT2D eigenvalue weighted by Crippen LogP contribution is 2.35. The first-order chi connectivity index (χ1) is 10.2. The zero-order chi connectivity index (χ0) is 14.8. The van der Waals surface area contributed by atoms with Crippen molar-refractivity contribution in [3.63, 3.8) is 0 Å². The van der Waals surface area contributed by atoms with E-state index in [4.69, 9.17) is 4.74 Å². The van der Waals surface area contributed by atoms with Gasteiger partial charge in [-0.25, -0.2) is 0 Å². The summed E-state index contributed by atoms with van der Waals surface area (Å²) >= 11 is 0. The van der Waals surface area contributed by atoms with Gasteiger partial charge in [0.15, 0.2) is 0 Å². The number of nitrogens with one attached hydrogen (secondary N) is 1. The fourth-order valence-corrected chi connectivity index (χ4v) is 2.71. The molecule has 21 heavy (non-hydrogen) atoms. The third kappa shape index (κ3) is 3.01. The first-order valence-corrected chi connectivity index (χ1v) is 7.52. The van der Waals surface area contributed by atoms with Crippen LogP contribution in [0.4, 0.5) is 5.69 Å². The molecule has 1 atom stereocenters. The zero-order valence-electron chi connectivity index (χ0n) is 12.2. The van der Waals surface area contributed by atoms with Crippen molar-refractivity contribution in [2.24, 2.45) is 5.92 Å². The topological polar surface area (TPSA) is 58.6 Å². The average Bonchev–Trinajstić information content (AvgIpc) is 3.30. The van der Waals surface area contributed by atoms with Gasteiger partial charge in [-0.05, 0) is 37.8 Å². The molecule has 5 nitrogen and oxygen atoms in total. The predicted molar refractivity (Wildman–Crippen MR) is 79.2 cm³/mol. The van der Waals surface area contributed by atoms with Gasteiger partial charge in [0, 0.05) is 24.7 Å². The monoisotopic (exact) mass is 288 g/mol. The van der Waals surface area contributed by atoms with Crippen LogP contribution in [0.1, 0.15) is 26.2 Å². The third-order valence-electron chi connectivity index (χ3n) is 3.94. The molecule has 5 heteroatoms. The molecule has 1 N–H and O–H groups in total. The molecule has 3 rings (SSSR count). The van der Waals surface area contributed by atoms with E-state index >= 15 is 0 Å². The molecule has 0 aromatic heterocycles. The molecule has 2 aliphatic rings. The number of nitrogens with zero attached hydrogens (tertiary/aromatic N) is 1. The first kappa shape index (κ1) is 13.9. The molecule has 1 aromatic rings. The first-order valence-electron chi connectivity index (χ1n) is 7.52. The van der Waals surface area contributed by atoms with Crippen LogP contribution in [0.25, 0.3) is 0 Å². The van der Waals surface area contributed by atoms with Gasteiger partial charge < -0.3 is 15.0 Å². The molecule has 1 aromatic carbocycles. The van der Waals surface area contributed by atoms with E-state index in [0.717, 1.165) is 24.3 Å². The highest BCUT2D eigenvalue weighted by atomic mass is 16.5. The van der Waals surface area contributed by atoms with E-state index in [-0.39, 0.29) is 17.9 Å². The summed E-state index contributed by atoms with van der Waals surface area (Å²) in [6.45, 7) is 2.93. The number of benzene rings is 1. The Balaban J connectivity index is 1.86. The van der Waals surface area contributed by atoms with Gasteiger partial charge in [0.25, 0.3) is 0 Å². The Morgan fingerprint density at radius 1 is 1.33 bits per heavy atom. The lowest BCUT2D eigenvalue weighted by molar-refractivity contribution is -0.126. The summed E-state index contributed by atoms with van der Waals surface area (Å²) < 4.78 is 5.49. The van der Waals surface area contributed by atoms with Gasteiger partial charge in [0.2, 0.25) is 11.8 Å². The third-order valence-corrected chi connectivity index (χ3v) is 3.94. The summed E-state index contributed by atoms with van der Waals surface area (Å²) in [7, 11) is 0. The quantitative estimate of drug-likeness (QED) is 0.917. The molecule has 1 aliphatic carbocycles. The molecule has 0 spiro atoms. The molecule has 1 aliphatic heterocycles. The number of hydrogen-bond donors (Lipinski definition) is 1. The lowest BCUT2D eigenvalue weighted by atomic mass is 10.1. The minimum Gasteiger partial charge on any atom is -0.494 e. The highest BCUT2D eigenvalue weighted by molar-refractivity contribution is 6.01. The number of carbonyl (C=O) groups excluding carboxylic acids is 2. The van der Waals surface area contributed by atoms with Crippen LogP contribution in [0, 0.1) is 5.92 Å². The number of anilines is 1. The van der Waals surface area contributed by atoms with Crippen LogP contribution in [-0.2, 0) is 9.59 Å². The Bertz CT molecular complexity index is 554. The van der Waals surface area contributed by atoms with Crippen LogP contribution in [0.15, 0.2) is 24.3 Å². The molecule has 2 amide bonds. The maximum absolute atomic E-state index is 12.7. The number of hydrogen-bond acceptors (Lipinski definition) is 3. The fourth-order valence-electron chi connectivity index (χ4n) is 2.71. The highest BCUT2D eigenvalue weighted by Gasteiger charge is 2.41. The molecular formula is C16H20N2O3. The Morgan fingerprint density at radius 3 is 2.86 bits per heavy atom. The van der Waals surface area contributed by atoms with Crippen molar-refractivity contribution < 1.29 is 14.3 Å². The maximum Gasteiger partial charge on any atom is 0.249 e. The average molecular weight is 288 g/mol. The lowest BCUT2D eigenvalue weighted by Gasteiger charge is -2.24. The number of amides is 2. The Kier molecular flexibility index (Phi) is 3.82. The molecule has 1 saturated carbocycles. The fraction of sp³-hybridized carbons (Fsp3) is 0.500. The summed E-state index contributed by atoms with van der Waals surface area (Å²) in [4.78, 5) is 26.2. The van der Waals surface area contributed by atoms with E-state index in [0.29, 0.717) is 25.5 Å². The van der Waals surface area contributed by atoms with Crippen LogP contribution in [-0.4, -0.2) is 31.0 Å². The van der Waals surface area contributed by atoms with E-state index in [9.17, 15) is 9.59 Å². The van der Waals surface area contributed by atoms with E-state index in [1.165, 1.54) is 0 Å². The number of carbonyl (C=O) groups is 2. The minimum atomic E-state index is -0.365. The molecular weight excluding hydrogens is 268 g/mol. The molecule has 1 unspecified atom stereocenters. The normalized spacial score (nSPS) is 22.7. The van der Waals surface area contributed by atoms with Crippen molar-refractivity contribution in [2.75, 3.05) is 18.1 Å². The Morgan fingerprint density at radius 2 is 2.14 bits per heavy atom. The second-order valence-corrected chi connectivity index (χ2v) is 5.55. The van der Waals surface area contributed by atoms with Gasteiger partial charge in [0.05, 0.1) is 6.61 Å². The smallest absolute Gasteiger partial charge is 0.249 e. The summed E-state index contributed by atoms with van der Waals surface area (Å²) in [5.41, 5.74) is 0.799. The van der Waals surface area contributed by atoms with E-state index in [1.54, 1.807) is 4.90 Å². The molecule has 0 radical (unpaired) electrons. The molecule has 0 bridgehead atoms. The zero-order valence-corrected chi connectivity index (χ0v) is 12.2. The second kappa shape index (κ2) is 5.76. The van der Waals surface area contributed by atoms with Crippen molar-refractivity contribution in [3.05, 3.63) is 24.3 Å². The molecule has 112 valence electrons.